The normalized spacial score (nSPS) is 14.3. The van der Waals surface area contributed by atoms with Crippen LogP contribution in [0, 0.1) is 5.92 Å². The highest BCUT2D eigenvalue weighted by Gasteiger charge is 2.32. The minimum absolute atomic E-state index is 0.0367. The number of carbonyl (C=O) groups excluding carboxylic acids is 1. The van der Waals surface area contributed by atoms with Gasteiger partial charge in [-0.15, -0.1) is 0 Å². The molecule has 0 saturated heterocycles. The van der Waals surface area contributed by atoms with Gasteiger partial charge in [-0.05, 0) is 31.2 Å². The largest absolute Gasteiger partial charge is 0.493 e. The van der Waals surface area contributed by atoms with E-state index >= 15 is 0 Å². The topological polar surface area (TPSA) is 60.0 Å². The van der Waals surface area contributed by atoms with Crippen LogP contribution in [0.2, 0.25) is 0 Å². The third kappa shape index (κ3) is 5.66. The molecule has 1 atom stereocenters. The summed E-state index contributed by atoms with van der Waals surface area (Å²) in [6.07, 6.45) is 2.98. The molecule has 30 heavy (non-hydrogen) atoms. The van der Waals surface area contributed by atoms with Gasteiger partial charge in [0.2, 0.25) is 11.7 Å². The van der Waals surface area contributed by atoms with Gasteiger partial charge in [0.1, 0.15) is 0 Å². The maximum absolute atomic E-state index is 12.7. The van der Waals surface area contributed by atoms with Crippen molar-refractivity contribution >= 4 is 11.6 Å². The second kappa shape index (κ2) is 10.3. The summed E-state index contributed by atoms with van der Waals surface area (Å²) in [5, 5.41) is 2.96. The molecule has 0 radical (unpaired) electrons. The summed E-state index contributed by atoms with van der Waals surface area (Å²) < 4.78 is 16.1. The molecule has 2 aromatic rings. The number of rotatable bonds is 11. The van der Waals surface area contributed by atoms with Crippen molar-refractivity contribution in [2.24, 2.45) is 5.92 Å². The zero-order valence-corrected chi connectivity index (χ0v) is 18.3. The van der Waals surface area contributed by atoms with Crippen LogP contribution in [0.25, 0.3) is 0 Å². The van der Waals surface area contributed by atoms with E-state index in [2.05, 4.69) is 41.4 Å². The summed E-state index contributed by atoms with van der Waals surface area (Å²) in [6.45, 7) is 3.84. The van der Waals surface area contributed by atoms with E-state index in [-0.39, 0.29) is 5.91 Å². The Morgan fingerprint density at radius 2 is 1.70 bits per heavy atom. The van der Waals surface area contributed by atoms with Gasteiger partial charge >= 0.3 is 0 Å². The second-order valence-electron chi connectivity index (χ2n) is 7.75. The minimum atomic E-state index is -0.0367. The number of carbonyl (C=O) groups is 1. The molecule has 1 aliphatic rings. The quantitative estimate of drug-likeness (QED) is 0.595. The molecule has 6 heteroatoms. The first-order valence-corrected chi connectivity index (χ1v) is 10.4. The van der Waals surface area contributed by atoms with Crippen molar-refractivity contribution in [1.82, 2.24) is 4.90 Å². The standard InChI is InChI=1S/C24H32N2O4/c1-17(19-10-11-19)26(16-18-8-6-5-7-9-18)13-12-23(27)25-20-14-21(28-2)24(30-4)22(15-20)29-3/h5-9,14-15,17,19H,10-13,16H2,1-4H3,(H,25,27). The van der Waals surface area contributed by atoms with E-state index < -0.39 is 0 Å². The van der Waals surface area contributed by atoms with Crippen LogP contribution in [-0.4, -0.2) is 44.7 Å². The van der Waals surface area contributed by atoms with Crippen molar-refractivity contribution in [2.45, 2.75) is 38.8 Å². The summed E-state index contributed by atoms with van der Waals surface area (Å²) >= 11 is 0. The number of methoxy groups -OCH3 is 3. The number of hydrogen-bond acceptors (Lipinski definition) is 5. The molecule has 0 spiro atoms. The third-order valence-corrected chi connectivity index (χ3v) is 5.68. The van der Waals surface area contributed by atoms with Crippen LogP contribution in [0.4, 0.5) is 5.69 Å². The zero-order chi connectivity index (χ0) is 21.5. The van der Waals surface area contributed by atoms with Crippen LogP contribution < -0.4 is 19.5 Å². The summed E-state index contributed by atoms with van der Waals surface area (Å²) in [5.74, 6) is 2.24. The van der Waals surface area contributed by atoms with Gasteiger partial charge in [0, 0.05) is 43.4 Å². The highest BCUT2D eigenvalue weighted by Crippen LogP contribution is 2.40. The molecule has 0 aromatic heterocycles. The molecule has 3 rings (SSSR count). The van der Waals surface area contributed by atoms with Gasteiger partial charge in [0.15, 0.2) is 11.5 Å². The predicted molar refractivity (Wildman–Crippen MR) is 118 cm³/mol. The van der Waals surface area contributed by atoms with E-state index in [0.717, 1.165) is 12.5 Å². The summed E-state index contributed by atoms with van der Waals surface area (Å²) in [5.41, 5.74) is 1.90. The van der Waals surface area contributed by atoms with Gasteiger partial charge in [0.05, 0.1) is 21.3 Å². The maximum Gasteiger partial charge on any atom is 0.225 e. The number of nitrogens with zero attached hydrogens (tertiary/aromatic N) is 1. The molecule has 1 fully saturated rings. The number of ether oxygens (including phenoxy) is 3. The van der Waals surface area contributed by atoms with E-state index in [1.54, 1.807) is 33.5 Å². The number of anilines is 1. The predicted octanol–water partition coefficient (Wildman–Crippen LogP) is 4.34. The SMILES string of the molecule is COc1cc(NC(=O)CCN(Cc2ccccc2)C(C)C2CC2)cc(OC)c1OC. The maximum atomic E-state index is 12.7. The van der Waals surface area contributed by atoms with E-state index in [1.807, 2.05) is 6.07 Å². The average molecular weight is 413 g/mol. The van der Waals surface area contributed by atoms with Crippen molar-refractivity contribution < 1.29 is 19.0 Å². The van der Waals surface area contributed by atoms with Crippen LogP contribution in [-0.2, 0) is 11.3 Å². The molecule has 0 heterocycles. The molecule has 1 N–H and O–H groups in total. The number of hydrogen-bond donors (Lipinski definition) is 1. The Bertz CT molecular complexity index is 811. The van der Waals surface area contributed by atoms with Gasteiger partial charge in [0.25, 0.3) is 0 Å². The lowest BCUT2D eigenvalue weighted by molar-refractivity contribution is -0.116. The Morgan fingerprint density at radius 3 is 2.23 bits per heavy atom. The van der Waals surface area contributed by atoms with E-state index in [9.17, 15) is 4.79 Å². The van der Waals surface area contributed by atoms with Crippen molar-refractivity contribution in [3.8, 4) is 17.2 Å². The van der Waals surface area contributed by atoms with Gasteiger partial charge in [-0.3, -0.25) is 9.69 Å². The molecule has 6 nitrogen and oxygen atoms in total. The smallest absolute Gasteiger partial charge is 0.225 e. The van der Waals surface area contributed by atoms with E-state index in [4.69, 9.17) is 14.2 Å². The fraction of sp³-hybridized carbons (Fsp3) is 0.458. The van der Waals surface area contributed by atoms with Gasteiger partial charge in [-0.2, -0.15) is 0 Å². The molecule has 0 aliphatic heterocycles. The Balaban J connectivity index is 1.64. The molecule has 2 aromatic carbocycles. The monoisotopic (exact) mass is 412 g/mol. The number of nitrogens with one attached hydrogen (secondary N) is 1. The van der Waals surface area contributed by atoms with Gasteiger partial charge in [-0.25, -0.2) is 0 Å². The minimum Gasteiger partial charge on any atom is -0.493 e. The molecule has 1 saturated carbocycles. The van der Waals surface area contributed by atoms with Crippen molar-refractivity contribution in [2.75, 3.05) is 33.2 Å². The first kappa shape index (κ1) is 22.0. The van der Waals surface area contributed by atoms with Crippen molar-refractivity contribution in [3.05, 3.63) is 48.0 Å². The Hall–Kier alpha value is -2.73. The van der Waals surface area contributed by atoms with E-state index in [1.165, 1.54) is 18.4 Å². The van der Waals surface area contributed by atoms with Crippen LogP contribution in [0.3, 0.4) is 0 Å². The molecule has 1 aliphatic carbocycles. The Kier molecular flexibility index (Phi) is 7.57. The fourth-order valence-electron chi connectivity index (χ4n) is 3.74. The molecule has 0 bridgehead atoms. The number of benzene rings is 2. The molecule has 162 valence electrons. The summed E-state index contributed by atoms with van der Waals surface area (Å²) in [6, 6.07) is 14.4. The summed E-state index contributed by atoms with van der Waals surface area (Å²) in [7, 11) is 4.67. The van der Waals surface area contributed by atoms with Crippen LogP contribution in [0.1, 0.15) is 31.7 Å². The number of amides is 1. The van der Waals surface area contributed by atoms with Crippen LogP contribution in [0.5, 0.6) is 17.2 Å². The molecule has 1 unspecified atom stereocenters. The Labute approximate surface area is 179 Å². The lowest BCUT2D eigenvalue weighted by atomic mass is 10.1. The molecular weight excluding hydrogens is 380 g/mol. The average Bonchev–Trinajstić information content (AvgIpc) is 3.61. The Morgan fingerprint density at radius 1 is 1.07 bits per heavy atom. The first-order chi connectivity index (χ1) is 14.5. The highest BCUT2D eigenvalue weighted by atomic mass is 16.5. The first-order valence-electron chi connectivity index (χ1n) is 10.4. The zero-order valence-electron chi connectivity index (χ0n) is 18.3. The van der Waals surface area contributed by atoms with Gasteiger partial charge in [-0.1, -0.05) is 30.3 Å². The molecular formula is C24H32N2O4. The fourth-order valence-corrected chi connectivity index (χ4v) is 3.74. The van der Waals surface area contributed by atoms with Crippen LogP contribution >= 0.6 is 0 Å². The lowest BCUT2D eigenvalue weighted by Crippen LogP contribution is -2.36. The van der Waals surface area contributed by atoms with Crippen molar-refractivity contribution in [1.29, 1.82) is 0 Å². The van der Waals surface area contributed by atoms with E-state index in [0.29, 0.717) is 41.9 Å². The lowest BCUT2D eigenvalue weighted by Gasteiger charge is -2.29. The summed E-state index contributed by atoms with van der Waals surface area (Å²) in [4.78, 5) is 15.1. The van der Waals surface area contributed by atoms with Crippen molar-refractivity contribution in [3.63, 3.8) is 0 Å². The second-order valence-corrected chi connectivity index (χ2v) is 7.75. The van der Waals surface area contributed by atoms with Crippen LogP contribution in [0.15, 0.2) is 42.5 Å². The van der Waals surface area contributed by atoms with Gasteiger partial charge < -0.3 is 19.5 Å². The molecule has 1 amide bonds. The third-order valence-electron chi connectivity index (χ3n) is 5.68. The highest BCUT2D eigenvalue weighted by molar-refractivity contribution is 5.91.